The largest absolute Gasteiger partial charge is 0.200 e. The van der Waals surface area contributed by atoms with Crippen LogP contribution in [0.1, 0.15) is 31.7 Å². The highest BCUT2D eigenvalue weighted by molar-refractivity contribution is 8.02. The van der Waals surface area contributed by atoms with Crippen molar-refractivity contribution in [3.8, 4) is 0 Å². The molecular formula is C13H17FS. The van der Waals surface area contributed by atoms with Gasteiger partial charge < -0.3 is 0 Å². The van der Waals surface area contributed by atoms with E-state index in [-0.39, 0.29) is 5.16 Å². The fraction of sp³-hybridized carbons (Fsp3) is 0.385. The molecule has 0 radical (unpaired) electrons. The zero-order valence-electron chi connectivity index (χ0n) is 9.08. The zero-order valence-corrected chi connectivity index (χ0v) is 9.90. The van der Waals surface area contributed by atoms with E-state index in [0.717, 1.165) is 25.0 Å². The number of unbranched alkanes of at least 4 members (excludes halogenated alkanes) is 2. The van der Waals surface area contributed by atoms with Crippen LogP contribution in [0.5, 0.6) is 0 Å². The summed E-state index contributed by atoms with van der Waals surface area (Å²) >= 11 is 1.27. The van der Waals surface area contributed by atoms with Crippen LogP contribution in [0.25, 0.3) is 0 Å². The van der Waals surface area contributed by atoms with Gasteiger partial charge in [0.2, 0.25) is 0 Å². The lowest BCUT2D eigenvalue weighted by atomic mass is 10.2. The second-order valence-electron chi connectivity index (χ2n) is 3.42. The van der Waals surface area contributed by atoms with E-state index in [0.29, 0.717) is 0 Å². The highest BCUT2D eigenvalue weighted by Gasteiger charge is 1.96. The number of benzene rings is 1. The van der Waals surface area contributed by atoms with Crippen molar-refractivity contribution in [2.45, 2.75) is 31.9 Å². The Morgan fingerprint density at radius 2 is 2.07 bits per heavy atom. The van der Waals surface area contributed by atoms with Gasteiger partial charge in [0.1, 0.15) is 0 Å². The van der Waals surface area contributed by atoms with Gasteiger partial charge in [-0.3, -0.25) is 0 Å². The van der Waals surface area contributed by atoms with Crippen LogP contribution in [0.3, 0.4) is 0 Å². The van der Waals surface area contributed by atoms with Crippen LogP contribution in [0.2, 0.25) is 0 Å². The first-order chi connectivity index (χ1) is 7.33. The molecule has 0 saturated heterocycles. The van der Waals surface area contributed by atoms with E-state index in [9.17, 15) is 4.39 Å². The molecule has 0 nitrogen and oxygen atoms in total. The third-order valence-electron chi connectivity index (χ3n) is 2.08. The molecule has 0 heterocycles. The summed E-state index contributed by atoms with van der Waals surface area (Å²) in [6.45, 7) is 2.11. The maximum Gasteiger partial charge on any atom is 0.152 e. The molecule has 0 N–H and O–H groups in total. The minimum absolute atomic E-state index is 0.0488. The molecule has 1 aromatic carbocycles. The van der Waals surface area contributed by atoms with Gasteiger partial charge in [0.25, 0.3) is 0 Å². The maximum atomic E-state index is 13.2. The van der Waals surface area contributed by atoms with Crippen molar-refractivity contribution >= 4 is 11.8 Å². The monoisotopic (exact) mass is 224 g/mol. The summed E-state index contributed by atoms with van der Waals surface area (Å²) in [4.78, 5) is 0. The van der Waals surface area contributed by atoms with E-state index < -0.39 is 0 Å². The lowest BCUT2D eigenvalue weighted by Gasteiger charge is -1.99. The summed E-state index contributed by atoms with van der Waals surface area (Å²) in [6.07, 6.45) is 4.73. The number of thioether (sulfide) groups is 1. The summed E-state index contributed by atoms with van der Waals surface area (Å²) in [5.41, 5.74) is 1.17. The van der Waals surface area contributed by atoms with Gasteiger partial charge >= 0.3 is 0 Å². The Bertz CT molecular complexity index is 293. The van der Waals surface area contributed by atoms with Gasteiger partial charge in [-0.2, -0.15) is 4.39 Å². The third kappa shape index (κ3) is 5.63. The van der Waals surface area contributed by atoms with Gasteiger partial charge in [0.15, 0.2) is 5.16 Å². The van der Waals surface area contributed by atoms with Crippen molar-refractivity contribution in [1.82, 2.24) is 0 Å². The molecule has 0 unspecified atom stereocenters. The van der Waals surface area contributed by atoms with Gasteiger partial charge in [-0.25, -0.2) is 0 Å². The molecule has 2 heteroatoms. The fourth-order valence-corrected chi connectivity index (χ4v) is 1.94. The summed E-state index contributed by atoms with van der Waals surface area (Å²) in [5.74, 6) is 0.718. The lowest BCUT2D eigenvalue weighted by molar-refractivity contribution is 0.685. The topological polar surface area (TPSA) is 0 Å². The van der Waals surface area contributed by atoms with E-state index in [2.05, 4.69) is 6.92 Å². The summed E-state index contributed by atoms with van der Waals surface area (Å²) in [6, 6.07) is 9.98. The van der Waals surface area contributed by atoms with Crippen LogP contribution >= 0.6 is 11.8 Å². The Labute approximate surface area is 95.6 Å². The first-order valence-electron chi connectivity index (χ1n) is 5.35. The number of hydrogen-bond acceptors (Lipinski definition) is 1. The molecule has 15 heavy (non-hydrogen) atoms. The molecule has 0 fully saturated rings. The molecule has 82 valence electrons. The Kier molecular flexibility index (Phi) is 6.17. The minimum atomic E-state index is -0.0488. The van der Waals surface area contributed by atoms with Crippen molar-refractivity contribution in [1.29, 1.82) is 0 Å². The normalized spacial score (nSPS) is 11.7. The predicted octanol–water partition coefficient (Wildman–Crippen LogP) is 4.92. The molecule has 0 spiro atoms. The maximum absolute atomic E-state index is 13.2. The van der Waals surface area contributed by atoms with E-state index in [4.69, 9.17) is 0 Å². The minimum Gasteiger partial charge on any atom is -0.200 e. The van der Waals surface area contributed by atoms with E-state index >= 15 is 0 Å². The fourth-order valence-electron chi connectivity index (χ4n) is 1.21. The molecule has 0 aliphatic carbocycles. The van der Waals surface area contributed by atoms with Crippen molar-refractivity contribution in [2.75, 3.05) is 0 Å². The van der Waals surface area contributed by atoms with Gasteiger partial charge in [0.05, 0.1) is 0 Å². The van der Waals surface area contributed by atoms with Crippen molar-refractivity contribution in [3.05, 3.63) is 47.1 Å². The second kappa shape index (κ2) is 7.52. The van der Waals surface area contributed by atoms with Crippen LogP contribution in [-0.4, -0.2) is 0 Å². The summed E-state index contributed by atoms with van der Waals surface area (Å²) < 4.78 is 13.2. The van der Waals surface area contributed by atoms with Crippen LogP contribution in [-0.2, 0) is 5.75 Å². The molecule has 1 aromatic rings. The quantitative estimate of drug-likeness (QED) is 0.618. The standard InChI is InChI=1S/C13H17FS/c1-2-3-5-10-13(14)15-11-12-8-6-4-7-9-12/h4,6-10H,2-3,5,11H2,1H3/b13-10+. The smallest absolute Gasteiger partial charge is 0.152 e. The van der Waals surface area contributed by atoms with E-state index in [1.54, 1.807) is 6.08 Å². The van der Waals surface area contributed by atoms with E-state index in [1.807, 2.05) is 30.3 Å². The SMILES string of the molecule is CCCC/C=C(\F)SCc1ccccc1. The van der Waals surface area contributed by atoms with Crippen molar-refractivity contribution in [2.24, 2.45) is 0 Å². The third-order valence-corrected chi connectivity index (χ3v) is 3.00. The molecule has 1 rings (SSSR count). The number of hydrogen-bond donors (Lipinski definition) is 0. The molecule has 0 amide bonds. The van der Waals surface area contributed by atoms with Gasteiger partial charge in [-0.1, -0.05) is 55.4 Å². The Balaban J connectivity index is 2.28. The van der Waals surface area contributed by atoms with Crippen LogP contribution in [0, 0.1) is 0 Å². The zero-order chi connectivity index (χ0) is 10.9. The van der Waals surface area contributed by atoms with E-state index in [1.165, 1.54) is 17.3 Å². The number of allylic oxidation sites excluding steroid dienone is 1. The molecule has 0 aromatic heterocycles. The molecule has 0 aliphatic rings. The number of rotatable bonds is 6. The molecular weight excluding hydrogens is 207 g/mol. The predicted molar refractivity (Wildman–Crippen MR) is 66.5 cm³/mol. The second-order valence-corrected chi connectivity index (χ2v) is 4.39. The summed E-state index contributed by atoms with van der Waals surface area (Å²) in [5, 5.41) is -0.0488. The highest BCUT2D eigenvalue weighted by Crippen LogP contribution is 2.22. The van der Waals surface area contributed by atoms with Gasteiger partial charge in [-0.15, -0.1) is 0 Å². The van der Waals surface area contributed by atoms with Crippen LogP contribution in [0.15, 0.2) is 41.6 Å². The molecule has 0 bridgehead atoms. The average Bonchev–Trinajstić information content (AvgIpc) is 2.28. The molecule has 0 saturated carbocycles. The van der Waals surface area contributed by atoms with Crippen molar-refractivity contribution in [3.63, 3.8) is 0 Å². The average molecular weight is 224 g/mol. The van der Waals surface area contributed by atoms with Crippen LogP contribution < -0.4 is 0 Å². The number of halogens is 1. The first-order valence-corrected chi connectivity index (χ1v) is 6.34. The van der Waals surface area contributed by atoms with Gasteiger partial charge in [0, 0.05) is 5.75 Å². The highest BCUT2D eigenvalue weighted by atomic mass is 32.2. The Hall–Kier alpha value is -0.760. The van der Waals surface area contributed by atoms with Crippen LogP contribution in [0.4, 0.5) is 4.39 Å². The Morgan fingerprint density at radius 3 is 2.73 bits per heavy atom. The molecule has 0 atom stereocenters. The Morgan fingerprint density at radius 1 is 1.33 bits per heavy atom. The first kappa shape index (κ1) is 12.3. The van der Waals surface area contributed by atoms with Gasteiger partial charge in [-0.05, 0) is 24.5 Å². The molecule has 0 aliphatic heterocycles. The lowest BCUT2D eigenvalue weighted by Crippen LogP contribution is -1.78. The van der Waals surface area contributed by atoms with Crippen molar-refractivity contribution < 1.29 is 4.39 Å². The summed E-state index contributed by atoms with van der Waals surface area (Å²) in [7, 11) is 0.